The van der Waals surface area contributed by atoms with E-state index in [0.717, 1.165) is 32.5 Å². The van der Waals surface area contributed by atoms with E-state index >= 15 is 0 Å². The van der Waals surface area contributed by atoms with Crippen LogP contribution in [0, 0.1) is 0 Å². The molecule has 0 aromatic heterocycles. The van der Waals surface area contributed by atoms with Crippen LogP contribution in [-0.2, 0) is 4.74 Å². The normalized spacial score (nSPS) is 14.8. The predicted molar refractivity (Wildman–Crippen MR) is 73.4 cm³/mol. The molecular formula is C14H31NO2. The van der Waals surface area contributed by atoms with Crippen LogP contribution in [0.5, 0.6) is 0 Å². The van der Waals surface area contributed by atoms with Gasteiger partial charge in [0.2, 0.25) is 0 Å². The molecule has 104 valence electrons. The smallest absolute Gasteiger partial charge is 0.0613 e. The van der Waals surface area contributed by atoms with Crippen LogP contribution in [0.2, 0.25) is 0 Å². The summed E-state index contributed by atoms with van der Waals surface area (Å²) in [5.41, 5.74) is -0.106. The van der Waals surface area contributed by atoms with Crippen LogP contribution in [0.3, 0.4) is 0 Å². The van der Waals surface area contributed by atoms with E-state index in [1.807, 2.05) is 7.05 Å². The lowest BCUT2D eigenvalue weighted by molar-refractivity contribution is 0.103. The van der Waals surface area contributed by atoms with Crippen LogP contribution < -0.4 is 5.32 Å². The predicted octanol–water partition coefficient (Wildman–Crippen LogP) is 2.72. The molecule has 3 heteroatoms. The van der Waals surface area contributed by atoms with Crippen LogP contribution in [0.4, 0.5) is 0 Å². The summed E-state index contributed by atoms with van der Waals surface area (Å²) < 4.78 is 5.60. The third-order valence-corrected chi connectivity index (χ3v) is 3.60. The number of unbranched alkanes of at least 4 members (excludes halogenated alkanes) is 3. The number of ether oxygens (including phenoxy) is 1. The van der Waals surface area contributed by atoms with Gasteiger partial charge in [0.15, 0.2) is 0 Å². The number of nitrogens with one attached hydrogen (secondary N) is 1. The SMILES string of the molecule is CCCCCCOCCCC(CC)(CO)NC. The van der Waals surface area contributed by atoms with E-state index in [4.69, 9.17) is 4.74 Å². The number of likely N-dealkylation sites (N-methyl/N-ethyl adjacent to an activating group) is 1. The average Bonchev–Trinajstić information content (AvgIpc) is 2.38. The summed E-state index contributed by atoms with van der Waals surface area (Å²) in [5.74, 6) is 0. The molecular weight excluding hydrogens is 214 g/mol. The van der Waals surface area contributed by atoms with Crippen molar-refractivity contribution in [2.24, 2.45) is 0 Å². The van der Waals surface area contributed by atoms with Crippen molar-refractivity contribution < 1.29 is 9.84 Å². The highest BCUT2D eigenvalue weighted by Crippen LogP contribution is 2.16. The van der Waals surface area contributed by atoms with Gasteiger partial charge in [0.05, 0.1) is 6.61 Å². The molecule has 17 heavy (non-hydrogen) atoms. The monoisotopic (exact) mass is 245 g/mol. The van der Waals surface area contributed by atoms with Crippen LogP contribution in [0.25, 0.3) is 0 Å². The third kappa shape index (κ3) is 7.74. The van der Waals surface area contributed by atoms with Gasteiger partial charge in [0.1, 0.15) is 0 Å². The summed E-state index contributed by atoms with van der Waals surface area (Å²) in [6.07, 6.45) is 8.00. The van der Waals surface area contributed by atoms with Crippen molar-refractivity contribution in [2.75, 3.05) is 26.9 Å². The van der Waals surface area contributed by atoms with Crippen LogP contribution in [0.15, 0.2) is 0 Å². The van der Waals surface area contributed by atoms with Gasteiger partial charge in [-0.1, -0.05) is 33.1 Å². The lowest BCUT2D eigenvalue weighted by Crippen LogP contribution is -2.46. The van der Waals surface area contributed by atoms with Gasteiger partial charge < -0.3 is 15.2 Å². The number of aliphatic hydroxyl groups excluding tert-OH is 1. The molecule has 0 aliphatic heterocycles. The highest BCUT2D eigenvalue weighted by molar-refractivity contribution is 4.84. The summed E-state index contributed by atoms with van der Waals surface area (Å²) in [5, 5.41) is 12.6. The summed E-state index contributed by atoms with van der Waals surface area (Å²) >= 11 is 0. The Morgan fingerprint density at radius 1 is 1.06 bits per heavy atom. The minimum atomic E-state index is -0.106. The molecule has 2 N–H and O–H groups in total. The van der Waals surface area contributed by atoms with Gasteiger partial charge in [-0.3, -0.25) is 0 Å². The van der Waals surface area contributed by atoms with Crippen molar-refractivity contribution in [1.82, 2.24) is 5.32 Å². The van der Waals surface area contributed by atoms with E-state index in [0.29, 0.717) is 0 Å². The number of aliphatic hydroxyl groups is 1. The van der Waals surface area contributed by atoms with E-state index in [2.05, 4.69) is 19.2 Å². The largest absolute Gasteiger partial charge is 0.394 e. The molecule has 0 amide bonds. The zero-order valence-electron chi connectivity index (χ0n) is 11.9. The van der Waals surface area contributed by atoms with Gasteiger partial charge in [-0.15, -0.1) is 0 Å². The first-order valence-electron chi connectivity index (χ1n) is 7.12. The number of hydrogen-bond donors (Lipinski definition) is 2. The second-order valence-corrected chi connectivity index (χ2v) is 4.82. The van der Waals surface area contributed by atoms with Crippen molar-refractivity contribution in [1.29, 1.82) is 0 Å². The van der Waals surface area contributed by atoms with Crippen molar-refractivity contribution in [2.45, 2.75) is 64.3 Å². The van der Waals surface area contributed by atoms with Crippen LogP contribution in [0.1, 0.15) is 58.8 Å². The Labute approximate surface area is 107 Å². The topological polar surface area (TPSA) is 41.5 Å². The second kappa shape index (κ2) is 11.0. The Balaban J connectivity index is 3.43. The van der Waals surface area contributed by atoms with Crippen molar-refractivity contribution in [3.8, 4) is 0 Å². The summed E-state index contributed by atoms with van der Waals surface area (Å²) in [6, 6.07) is 0. The Kier molecular flexibility index (Phi) is 10.9. The lowest BCUT2D eigenvalue weighted by Gasteiger charge is -2.30. The Bertz CT molecular complexity index is 150. The van der Waals surface area contributed by atoms with Crippen molar-refractivity contribution >= 4 is 0 Å². The van der Waals surface area contributed by atoms with Gasteiger partial charge in [0.25, 0.3) is 0 Å². The van der Waals surface area contributed by atoms with Gasteiger partial charge in [-0.05, 0) is 32.7 Å². The molecule has 0 rings (SSSR count). The maximum absolute atomic E-state index is 9.37. The van der Waals surface area contributed by atoms with E-state index < -0.39 is 0 Å². The average molecular weight is 245 g/mol. The fraction of sp³-hybridized carbons (Fsp3) is 1.00. The zero-order valence-corrected chi connectivity index (χ0v) is 11.9. The van der Waals surface area contributed by atoms with E-state index in [9.17, 15) is 5.11 Å². The van der Waals surface area contributed by atoms with Crippen LogP contribution >= 0.6 is 0 Å². The van der Waals surface area contributed by atoms with Gasteiger partial charge >= 0.3 is 0 Å². The highest BCUT2D eigenvalue weighted by Gasteiger charge is 2.23. The fourth-order valence-electron chi connectivity index (χ4n) is 1.99. The molecule has 0 saturated carbocycles. The maximum Gasteiger partial charge on any atom is 0.0613 e. The van der Waals surface area contributed by atoms with E-state index in [1.54, 1.807) is 0 Å². The summed E-state index contributed by atoms with van der Waals surface area (Å²) in [4.78, 5) is 0. The summed E-state index contributed by atoms with van der Waals surface area (Å²) in [6.45, 7) is 6.24. The van der Waals surface area contributed by atoms with Crippen molar-refractivity contribution in [3.05, 3.63) is 0 Å². The molecule has 1 atom stereocenters. The Morgan fingerprint density at radius 2 is 1.76 bits per heavy atom. The van der Waals surface area contributed by atoms with Crippen LogP contribution in [-0.4, -0.2) is 37.5 Å². The molecule has 3 nitrogen and oxygen atoms in total. The molecule has 0 aliphatic rings. The van der Waals surface area contributed by atoms with Gasteiger partial charge in [0, 0.05) is 18.8 Å². The molecule has 0 aliphatic carbocycles. The second-order valence-electron chi connectivity index (χ2n) is 4.82. The standard InChI is InChI=1S/C14H31NO2/c1-4-6-7-8-11-17-12-9-10-14(5-2,13-16)15-3/h15-16H,4-13H2,1-3H3. The Hall–Kier alpha value is -0.120. The molecule has 1 unspecified atom stereocenters. The summed E-state index contributed by atoms with van der Waals surface area (Å²) in [7, 11) is 1.92. The first-order valence-corrected chi connectivity index (χ1v) is 7.12. The zero-order chi connectivity index (χ0) is 13.0. The molecule has 0 aromatic carbocycles. The third-order valence-electron chi connectivity index (χ3n) is 3.60. The first kappa shape index (κ1) is 16.9. The molecule has 0 fully saturated rings. The van der Waals surface area contributed by atoms with Gasteiger partial charge in [-0.25, -0.2) is 0 Å². The quantitative estimate of drug-likeness (QED) is 0.519. The molecule has 0 saturated heterocycles. The van der Waals surface area contributed by atoms with E-state index in [1.165, 1.54) is 25.7 Å². The minimum absolute atomic E-state index is 0.106. The number of hydrogen-bond acceptors (Lipinski definition) is 3. The Morgan fingerprint density at radius 3 is 2.29 bits per heavy atom. The van der Waals surface area contributed by atoms with E-state index in [-0.39, 0.29) is 12.1 Å². The minimum Gasteiger partial charge on any atom is -0.394 e. The van der Waals surface area contributed by atoms with Crippen molar-refractivity contribution in [3.63, 3.8) is 0 Å². The first-order chi connectivity index (χ1) is 8.24. The molecule has 0 spiro atoms. The maximum atomic E-state index is 9.37. The highest BCUT2D eigenvalue weighted by atomic mass is 16.5. The molecule has 0 radical (unpaired) electrons. The lowest BCUT2D eigenvalue weighted by atomic mass is 9.92. The number of rotatable bonds is 12. The molecule has 0 aromatic rings. The molecule has 0 bridgehead atoms. The fourth-order valence-corrected chi connectivity index (χ4v) is 1.99. The van der Waals surface area contributed by atoms with Gasteiger partial charge in [-0.2, -0.15) is 0 Å². The molecule has 0 heterocycles.